The average molecular weight is 430 g/mol. The van der Waals surface area contributed by atoms with E-state index >= 15 is 0 Å². The van der Waals surface area contributed by atoms with Gasteiger partial charge in [0.05, 0.1) is 23.2 Å². The molecule has 1 aliphatic heterocycles. The van der Waals surface area contributed by atoms with Crippen LogP contribution < -0.4 is 5.76 Å². The van der Waals surface area contributed by atoms with Crippen LogP contribution in [0.2, 0.25) is 5.02 Å². The first-order valence-corrected chi connectivity index (χ1v) is 10.1. The number of carbonyl (C=O) groups is 1. The van der Waals surface area contributed by atoms with Crippen molar-refractivity contribution in [2.45, 2.75) is 19.0 Å². The number of nitrogens with zero attached hydrogens (tertiary/aromatic N) is 2. The Morgan fingerprint density at radius 3 is 2.77 bits per heavy atom. The molecule has 0 bridgehead atoms. The normalized spacial score (nSPS) is 15.3. The Morgan fingerprint density at radius 1 is 1.10 bits per heavy atom. The molecular weight excluding hydrogens is 414 g/mol. The quantitative estimate of drug-likeness (QED) is 0.514. The van der Waals surface area contributed by atoms with Crippen molar-refractivity contribution < 1.29 is 9.21 Å². The number of nitrogens with one attached hydrogen (secondary N) is 1. The fourth-order valence-corrected chi connectivity index (χ4v) is 4.45. The van der Waals surface area contributed by atoms with Crippen molar-refractivity contribution in [3.05, 3.63) is 104 Å². The highest BCUT2D eigenvalue weighted by Crippen LogP contribution is 2.39. The van der Waals surface area contributed by atoms with E-state index in [1.54, 1.807) is 35.2 Å². The molecule has 6 nitrogen and oxygen atoms in total. The van der Waals surface area contributed by atoms with Crippen LogP contribution in [0, 0.1) is 11.3 Å². The summed E-state index contributed by atoms with van der Waals surface area (Å²) in [6.45, 7) is 0.329. The number of oxazole rings is 1. The first kappa shape index (κ1) is 19.2. The SMILES string of the molecule is N#Cc1cccc(Cl)c1CC1c2ccccc2C(=O)N1Cc1ccc2[nH]c(=O)oc2c1. The van der Waals surface area contributed by atoms with Gasteiger partial charge in [-0.2, -0.15) is 5.26 Å². The summed E-state index contributed by atoms with van der Waals surface area (Å²) in [7, 11) is 0. The Kier molecular flexibility index (Phi) is 4.61. The van der Waals surface area contributed by atoms with Crippen molar-refractivity contribution in [1.82, 2.24) is 9.88 Å². The molecule has 1 atom stereocenters. The predicted molar refractivity (Wildman–Crippen MR) is 116 cm³/mol. The third-order valence-electron chi connectivity index (χ3n) is 5.66. The fraction of sp³-hybridized carbons (Fsp3) is 0.125. The molecule has 0 saturated carbocycles. The van der Waals surface area contributed by atoms with Gasteiger partial charge in [-0.1, -0.05) is 41.9 Å². The molecule has 2 heterocycles. The second-order valence-corrected chi connectivity index (χ2v) is 7.87. The maximum atomic E-state index is 13.3. The lowest BCUT2D eigenvalue weighted by Gasteiger charge is -2.26. The monoisotopic (exact) mass is 429 g/mol. The summed E-state index contributed by atoms with van der Waals surface area (Å²) >= 11 is 6.43. The number of aromatic nitrogens is 1. The van der Waals surface area contributed by atoms with Gasteiger partial charge in [-0.05, 0) is 53.4 Å². The van der Waals surface area contributed by atoms with E-state index < -0.39 is 5.76 Å². The molecular formula is C24H16ClN3O3. The summed E-state index contributed by atoms with van der Waals surface area (Å²) in [6.07, 6.45) is 0.423. The smallest absolute Gasteiger partial charge is 0.408 e. The predicted octanol–water partition coefficient (Wildman–Crippen LogP) is 4.59. The molecule has 1 amide bonds. The number of halogens is 1. The molecule has 0 fully saturated rings. The Hall–Kier alpha value is -3.82. The molecule has 0 saturated heterocycles. The van der Waals surface area contributed by atoms with E-state index in [1.807, 2.05) is 30.3 Å². The summed E-state index contributed by atoms with van der Waals surface area (Å²) in [4.78, 5) is 29.1. The zero-order chi connectivity index (χ0) is 21.5. The number of aromatic amines is 1. The van der Waals surface area contributed by atoms with Crippen molar-refractivity contribution in [1.29, 1.82) is 5.26 Å². The van der Waals surface area contributed by atoms with Crippen LogP contribution in [0.15, 0.2) is 69.9 Å². The molecule has 1 unspecified atom stereocenters. The highest BCUT2D eigenvalue weighted by atomic mass is 35.5. The van der Waals surface area contributed by atoms with Crippen LogP contribution in [-0.2, 0) is 13.0 Å². The Morgan fingerprint density at radius 2 is 1.94 bits per heavy atom. The summed E-state index contributed by atoms with van der Waals surface area (Å²) in [5.41, 5.74) is 4.66. The second kappa shape index (κ2) is 7.46. The number of amides is 1. The zero-order valence-electron chi connectivity index (χ0n) is 16.3. The van der Waals surface area contributed by atoms with Crippen LogP contribution in [0.25, 0.3) is 11.1 Å². The second-order valence-electron chi connectivity index (χ2n) is 7.46. The molecule has 4 aromatic rings. The fourth-order valence-electron chi connectivity index (χ4n) is 4.20. The summed E-state index contributed by atoms with van der Waals surface area (Å²) in [5, 5.41) is 10.0. The van der Waals surface area contributed by atoms with Crippen molar-refractivity contribution in [3.8, 4) is 6.07 Å². The van der Waals surface area contributed by atoms with Crippen molar-refractivity contribution >= 4 is 28.6 Å². The molecule has 7 heteroatoms. The molecule has 1 N–H and O–H groups in total. The molecule has 152 valence electrons. The van der Waals surface area contributed by atoms with E-state index in [4.69, 9.17) is 16.0 Å². The number of nitriles is 1. The van der Waals surface area contributed by atoms with Crippen molar-refractivity contribution in [2.24, 2.45) is 0 Å². The minimum atomic E-state index is -0.516. The molecule has 0 spiro atoms. The number of benzene rings is 3. The van der Waals surface area contributed by atoms with E-state index in [0.29, 0.717) is 40.2 Å². The van der Waals surface area contributed by atoms with Gasteiger partial charge in [0, 0.05) is 17.1 Å². The van der Waals surface area contributed by atoms with Gasteiger partial charge in [-0.25, -0.2) is 4.79 Å². The van der Waals surface area contributed by atoms with Crippen LogP contribution >= 0.6 is 11.6 Å². The highest BCUT2D eigenvalue weighted by Gasteiger charge is 2.37. The minimum absolute atomic E-state index is 0.0817. The molecule has 0 aliphatic carbocycles. The number of hydrogen-bond donors (Lipinski definition) is 1. The maximum absolute atomic E-state index is 13.3. The van der Waals surface area contributed by atoms with E-state index in [0.717, 1.165) is 16.7 Å². The third-order valence-corrected chi connectivity index (χ3v) is 6.02. The Bertz CT molecular complexity index is 1430. The van der Waals surface area contributed by atoms with E-state index in [1.165, 1.54) is 0 Å². The Labute approximate surface area is 182 Å². The summed E-state index contributed by atoms with van der Waals surface area (Å²) in [6, 6.07) is 20.0. The molecule has 5 rings (SSSR count). The number of carbonyl (C=O) groups excluding carboxylic acids is 1. The Balaban J connectivity index is 1.55. The van der Waals surface area contributed by atoms with Crippen LogP contribution in [-0.4, -0.2) is 15.8 Å². The van der Waals surface area contributed by atoms with E-state index in [9.17, 15) is 14.9 Å². The maximum Gasteiger partial charge on any atom is 0.417 e. The van der Waals surface area contributed by atoms with Gasteiger partial charge in [-0.15, -0.1) is 0 Å². The van der Waals surface area contributed by atoms with Gasteiger partial charge in [0.2, 0.25) is 0 Å². The lowest BCUT2D eigenvalue weighted by atomic mass is 9.95. The molecule has 0 radical (unpaired) electrons. The van der Waals surface area contributed by atoms with E-state index in [2.05, 4.69) is 11.1 Å². The van der Waals surface area contributed by atoms with Crippen LogP contribution in [0.5, 0.6) is 0 Å². The number of H-pyrrole nitrogens is 1. The van der Waals surface area contributed by atoms with Gasteiger partial charge >= 0.3 is 5.76 Å². The van der Waals surface area contributed by atoms with Gasteiger partial charge in [0.1, 0.15) is 0 Å². The standard InChI is InChI=1S/C24H16ClN3O3/c25-19-7-3-4-15(12-26)18(19)11-21-16-5-1-2-6-17(16)23(29)28(21)13-14-8-9-20-22(10-14)31-24(30)27-20/h1-10,21H,11,13H2,(H,27,30). The third kappa shape index (κ3) is 3.29. The molecule has 31 heavy (non-hydrogen) atoms. The zero-order valence-corrected chi connectivity index (χ0v) is 17.0. The summed E-state index contributed by atoms with van der Waals surface area (Å²) < 4.78 is 5.16. The van der Waals surface area contributed by atoms with Gasteiger partial charge < -0.3 is 9.32 Å². The molecule has 1 aliphatic rings. The lowest BCUT2D eigenvalue weighted by Crippen LogP contribution is -2.29. The number of rotatable bonds is 4. The van der Waals surface area contributed by atoms with Gasteiger partial charge in [0.15, 0.2) is 5.58 Å². The van der Waals surface area contributed by atoms with Crippen molar-refractivity contribution in [2.75, 3.05) is 0 Å². The largest absolute Gasteiger partial charge is 0.417 e. The molecule has 1 aromatic heterocycles. The average Bonchev–Trinajstić information content (AvgIpc) is 3.27. The first-order chi connectivity index (χ1) is 15.0. The number of hydrogen-bond acceptors (Lipinski definition) is 4. The van der Waals surface area contributed by atoms with Crippen LogP contribution in [0.3, 0.4) is 0 Å². The first-order valence-electron chi connectivity index (χ1n) is 9.74. The van der Waals surface area contributed by atoms with Crippen LogP contribution in [0.4, 0.5) is 0 Å². The van der Waals surface area contributed by atoms with Gasteiger partial charge in [-0.3, -0.25) is 9.78 Å². The lowest BCUT2D eigenvalue weighted by molar-refractivity contribution is 0.0709. The topological polar surface area (TPSA) is 90.1 Å². The number of fused-ring (bicyclic) bond motifs is 2. The summed E-state index contributed by atoms with van der Waals surface area (Å²) in [5.74, 6) is -0.598. The molecule has 3 aromatic carbocycles. The van der Waals surface area contributed by atoms with Crippen LogP contribution in [0.1, 0.15) is 38.7 Å². The minimum Gasteiger partial charge on any atom is -0.408 e. The van der Waals surface area contributed by atoms with Gasteiger partial charge in [0.25, 0.3) is 5.91 Å². The van der Waals surface area contributed by atoms with E-state index in [-0.39, 0.29) is 11.9 Å². The van der Waals surface area contributed by atoms with Crippen molar-refractivity contribution in [3.63, 3.8) is 0 Å². The highest BCUT2D eigenvalue weighted by molar-refractivity contribution is 6.31.